The third-order valence-electron chi connectivity index (χ3n) is 3.28. The fourth-order valence-electron chi connectivity index (χ4n) is 2.13. The molecule has 1 N–H and O–H groups in total. The predicted octanol–water partition coefficient (Wildman–Crippen LogP) is 4.17. The monoisotopic (exact) mass is 414 g/mol. The van der Waals surface area contributed by atoms with Crippen LogP contribution in [-0.2, 0) is 11.8 Å². The van der Waals surface area contributed by atoms with Crippen LogP contribution < -0.4 is 10.1 Å². The Balaban J connectivity index is 1.54. The summed E-state index contributed by atoms with van der Waals surface area (Å²) in [7, 11) is 1.81. The number of alkyl halides is 3. The molecule has 11 heteroatoms. The highest BCUT2D eigenvalue weighted by atomic mass is 32.2. The van der Waals surface area contributed by atoms with Crippen LogP contribution in [0.1, 0.15) is 0 Å². The van der Waals surface area contributed by atoms with Crippen LogP contribution in [0.3, 0.4) is 0 Å². The summed E-state index contributed by atoms with van der Waals surface area (Å²) in [6.07, 6.45) is -4.75. The first-order valence-corrected chi connectivity index (χ1v) is 9.40. The number of amides is 1. The fourth-order valence-corrected chi connectivity index (χ4v) is 3.58. The van der Waals surface area contributed by atoms with Crippen molar-refractivity contribution in [2.45, 2.75) is 11.5 Å². The lowest BCUT2D eigenvalue weighted by atomic mass is 10.3. The van der Waals surface area contributed by atoms with Crippen LogP contribution in [-0.4, -0.2) is 32.8 Å². The van der Waals surface area contributed by atoms with Gasteiger partial charge in [0.25, 0.3) is 0 Å². The number of nitrogens with one attached hydrogen (secondary N) is 1. The molecule has 0 aliphatic carbocycles. The Morgan fingerprint density at radius 3 is 2.63 bits per heavy atom. The lowest BCUT2D eigenvalue weighted by Gasteiger charge is -2.10. The molecule has 0 saturated carbocycles. The Hall–Kier alpha value is -2.53. The maximum absolute atomic E-state index is 12.1. The van der Waals surface area contributed by atoms with Gasteiger partial charge in [-0.15, -0.1) is 34.7 Å². The average molecular weight is 414 g/mol. The Morgan fingerprint density at radius 2 is 2.00 bits per heavy atom. The number of carbonyl (C=O) groups excluding carboxylic acids is 1. The second-order valence-electron chi connectivity index (χ2n) is 5.25. The normalized spacial score (nSPS) is 11.4. The van der Waals surface area contributed by atoms with E-state index in [1.165, 1.54) is 23.9 Å². The predicted molar refractivity (Wildman–Crippen MR) is 96.8 cm³/mol. The van der Waals surface area contributed by atoms with E-state index in [4.69, 9.17) is 0 Å². The number of halogens is 3. The van der Waals surface area contributed by atoms with Crippen molar-refractivity contribution in [3.63, 3.8) is 0 Å². The van der Waals surface area contributed by atoms with Crippen LogP contribution in [0, 0.1) is 0 Å². The number of benzene rings is 1. The van der Waals surface area contributed by atoms with Crippen molar-refractivity contribution in [3.8, 4) is 16.5 Å². The van der Waals surface area contributed by atoms with Gasteiger partial charge in [-0.25, -0.2) is 0 Å². The highest BCUT2D eigenvalue weighted by Crippen LogP contribution is 2.26. The van der Waals surface area contributed by atoms with E-state index in [-0.39, 0.29) is 17.4 Å². The number of ether oxygens (including phenoxy) is 1. The number of aromatic nitrogens is 3. The van der Waals surface area contributed by atoms with E-state index in [0.29, 0.717) is 16.7 Å². The van der Waals surface area contributed by atoms with Crippen molar-refractivity contribution in [1.82, 2.24) is 14.8 Å². The van der Waals surface area contributed by atoms with E-state index in [1.54, 1.807) is 15.9 Å². The summed E-state index contributed by atoms with van der Waals surface area (Å²) in [4.78, 5) is 13.0. The van der Waals surface area contributed by atoms with Gasteiger partial charge in [-0.1, -0.05) is 17.8 Å². The zero-order chi connectivity index (χ0) is 19.4. The highest BCUT2D eigenvalue weighted by Gasteiger charge is 2.30. The summed E-state index contributed by atoms with van der Waals surface area (Å²) in [6, 6.07) is 8.78. The maximum Gasteiger partial charge on any atom is 0.573 e. The van der Waals surface area contributed by atoms with Gasteiger partial charge in [-0.3, -0.25) is 4.79 Å². The number of thioether (sulfide) groups is 1. The number of nitrogens with zero attached hydrogens (tertiary/aromatic N) is 3. The quantitative estimate of drug-likeness (QED) is 0.613. The number of hydrogen-bond acceptors (Lipinski definition) is 6. The third kappa shape index (κ3) is 5.23. The van der Waals surface area contributed by atoms with Gasteiger partial charge in [-0.2, -0.15) is 0 Å². The van der Waals surface area contributed by atoms with E-state index >= 15 is 0 Å². The molecule has 0 bridgehead atoms. The Bertz CT molecular complexity index is 909. The van der Waals surface area contributed by atoms with Crippen molar-refractivity contribution in [1.29, 1.82) is 0 Å². The van der Waals surface area contributed by atoms with Crippen LogP contribution in [0.4, 0.5) is 18.9 Å². The van der Waals surface area contributed by atoms with Crippen LogP contribution >= 0.6 is 23.1 Å². The zero-order valence-corrected chi connectivity index (χ0v) is 15.5. The van der Waals surface area contributed by atoms with Gasteiger partial charge in [0, 0.05) is 12.7 Å². The van der Waals surface area contributed by atoms with Crippen molar-refractivity contribution in [2.24, 2.45) is 7.05 Å². The van der Waals surface area contributed by atoms with Crippen LogP contribution in [0.15, 0.2) is 46.9 Å². The molecule has 0 unspecified atom stereocenters. The molecule has 0 fully saturated rings. The number of anilines is 1. The largest absolute Gasteiger partial charge is 0.573 e. The van der Waals surface area contributed by atoms with Gasteiger partial charge in [0.1, 0.15) is 5.75 Å². The van der Waals surface area contributed by atoms with Gasteiger partial charge in [0.05, 0.1) is 10.6 Å². The van der Waals surface area contributed by atoms with E-state index in [9.17, 15) is 18.0 Å². The fraction of sp³-hybridized carbons (Fsp3) is 0.188. The van der Waals surface area contributed by atoms with E-state index < -0.39 is 6.36 Å². The lowest BCUT2D eigenvalue weighted by Crippen LogP contribution is -2.17. The minimum absolute atomic E-state index is 0.0806. The topological polar surface area (TPSA) is 69.0 Å². The number of rotatable bonds is 6. The minimum Gasteiger partial charge on any atom is -0.406 e. The molecular weight excluding hydrogens is 401 g/mol. The van der Waals surface area contributed by atoms with Crippen molar-refractivity contribution >= 4 is 34.7 Å². The summed E-state index contributed by atoms with van der Waals surface area (Å²) >= 11 is 2.75. The van der Waals surface area contributed by atoms with Crippen molar-refractivity contribution in [2.75, 3.05) is 11.1 Å². The number of hydrogen-bond donors (Lipinski definition) is 1. The summed E-state index contributed by atoms with van der Waals surface area (Å²) in [5, 5.41) is 13.3. The Labute approximate surface area is 160 Å². The smallest absolute Gasteiger partial charge is 0.406 e. The first kappa shape index (κ1) is 19.2. The molecule has 0 aliphatic heterocycles. The summed E-state index contributed by atoms with van der Waals surface area (Å²) < 4.78 is 42.0. The molecule has 27 heavy (non-hydrogen) atoms. The van der Waals surface area contributed by atoms with Crippen molar-refractivity contribution < 1.29 is 22.7 Å². The van der Waals surface area contributed by atoms with E-state index in [2.05, 4.69) is 20.3 Å². The summed E-state index contributed by atoms with van der Waals surface area (Å²) in [6.45, 7) is 0. The first-order chi connectivity index (χ1) is 12.8. The van der Waals surface area contributed by atoms with Gasteiger partial charge in [0.15, 0.2) is 11.0 Å². The number of carbonyl (C=O) groups is 1. The van der Waals surface area contributed by atoms with Crippen LogP contribution in [0.25, 0.3) is 10.7 Å². The van der Waals surface area contributed by atoms with Crippen molar-refractivity contribution in [3.05, 3.63) is 41.8 Å². The molecule has 3 rings (SSSR count). The van der Waals surface area contributed by atoms with Crippen LogP contribution in [0.2, 0.25) is 0 Å². The molecule has 1 amide bonds. The molecule has 3 aromatic rings. The van der Waals surface area contributed by atoms with Gasteiger partial charge >= 0.3 is 6.36 Å². The second-order valence-corrected chi connectivity index (χ2v) is 7.14. The molecule has 0 saturated heterocycles. The van der Waals surface area contributed by atoms with Gasteiger partial charge < -0.3 is 14.6 Å². The molecule has 0 radical (unpaired) electrons. The van der Waals surface area contributed by atoms with Gasteiger partial charge in [0.2, 0.25) is 5.91 Å². The Kier molecular flexibility index (Phi) is 5.71. The number of thiophene rings is 1. The minimum atomic E-state index is -4.75. The van der Waals surface area contributed by atoms with Crippen LogP contribution in [0.5, 0.6) is 5.75 Å². The average Bonchev–Trinajstić information content (AvgIpc) is 3.23. The highest BCUT2D eigenvalue weighted by molar-refractivity contribution is 7.99. The van der Waals surface area contributed by atoms with Gasteiger partial charge in [-0.05, 0) is 35.7 Å². The van der Waals surface area contributed by atoms with E-state index in [1.807, 2.05) is 24.6 Å². The molecule has 142 valence electrons. The molecule has 2 aromatic heterocycles. The summed E-state index contributed by atoms with van der Waals surface area (Å²) in [5.74, 6) is 0.130. The second kappa shape index (κ2) is 8.01. The molecule has 0 aliphatic rings. The molecule has 0 spiro atoms. The zero-order valence-electron chi connectivity index (χ0n) is 13.9. The van der Waals surface area contributed by atoms with E-state index in [0.717, 1.165) is 17.0 Å². The molecule has 6 nitrogen and oxygen atoms in total. The SMILES string of the molecule is Cn1c(SCC(=O)Nc2ccc(OC(F)(F)F)cc2)nnc1-c1cccs1. The standard InChI is InChI=1S/C16H13F3N4O2S2/c1-23-14(12-3-2-8-26-12)21-22-15(23)27-9-13(24)20-10-4-6-11(7-5-10)25-16(17,18)19/h2-8H,9H2,1H3,(H,20,24). The molecular formula is C16H13F3N4O2S2. The molecule has 0 atom stereocenters. The Morgan fingerprint density at radius 1 is 1.26 bits per heavy atom. The first-order valence-electron chi connectivity index (χ1n) is 7.53. The lowest BCUT2D eigenvalue weighted by molar-refractivity contribution is -0.274. The summed E-state index contributed by atoms with van der Waals surface area (Å²) in [5.41, 5.74) is 0.368. The third-order valence-corrected chi connectivity index (χ3v) is 5.17. The molecule has 2 heterocycles. The molecule has 1 aromatic carbocycles. The maximum atomic E-state index is 12.1.